The third-order valence-corrected chi connectivity index (χ3v) is 8.59. The van der Waals surface area contributed by atoms with Crippen LogP contribution in [0.1, 0.15) is 62.5 Å². The molecule has 1 heterocycles. The summed E-state index contributed by atoms with van der Waals surface area (Å²) in [5.41, 5.74) is 26.4. The van der Waals surface area contributed by atoms with E-state index in [1.807, 2.05) is 24.3 Å². The van der Waals surface area contributed by atoms with Crippen molar-refractivity contribution >= 4 is 23.6 Å². The molecule has 270 valence electrons. The molecular formula is C35H54N8O6. The number of fused-ring (bicyclic) bond motifs is 5. The summed E-state index contributed by atoms with van der Waals surface area (Å²) in [4.78, 5) is 53.4. The van der Waals surface area contributed by atoms with Gasteiger partial charge in [0.25, 0.3) is 0 Å². The molecule has 14 heteroatoms. The molecule has 1 aliphatic rings. The molecule has 2 aromatic rings. The summed E-state index contributed by atoms with van der Waals surface area (Å²) in [6.07, 6.45) is 3.79. The van der Waals surface area contributed by atoms with Crippen LogP contribution in [0.4, 0.5) is 0 Å². The van der Waals surface area contributed by atoms with Gasteiger partial charge in [0, 0.05) is 31.5 Å². The second kappa shape index (κ2) is 20.4. The van der Waals surface area contributed by atoms with E-state index < -0.39 is 41.9 Å². The molecule has 3 rings (SSSR count). The quantitative estimate of drug-likeness (QED) is 0.101. The average Bonchev–Trinajstić information content (AvgIpc) is 3.08. The summed E-state index contributed by atoms with van der Waals surface area (Å²) in [6.45, 7) is 0.940. The molecule has 0 unspecified atom stereocenters. The molecule has 4 amide bonds. The van der Waals surface area contributed by atoms with Crippen LogP contribution in [0.5, 0.6) is 5.75 Å². The highest BCUT2D eigenvalue weighted by Gasteiger charge is 2.28. The molecule has 0 saturated heterocycles. The first-order valence-electron chi connectivity index (χ1n) is 17.2. The zero-order valence-corrected chi connectivity index (χ0v) is 28.2. The van der Waals surface area contributed by atoms with Crippen LogP contribution in [0.2, 0.25) is 0 Å². The monoisotopic (exact) mass is 682 g/mol. The Kier molecular flexibility index (Phi) is 16.4. The highest BCUT2D eigenvalue weighted by atomic mass is 16.3. The molecule has 1 aliphatic heterocycles. The van der Waals surface area contributed by atoms with Gasteiger partial charge >= 0.3 is 0 Å². The van der Waals surface area contributed by atoms with Crippen LogP contribution in [0, 0.1) is 0 Å². The number of hydrogen-bond acceptors (Lipinski definition) is 10. The zero-order chi connectivity index (χ0) is 35.8. The summed E-state index contributed by atoms with van der Waals surface area (Å²) in [7, 11) is 0. The highest BCUT2D eigenvalue weighted by Crippen LogP contribution is 2.28. The summed E-state index contributed by atoms with van der Waals surface area (Å²) < 4.78 is 0. The van der Waals surface area contributed by atoms with Crippen molar-refractivity contribution in [1.82, 2.24) is 21.3 Å². The van der Waals surface area contributed by atoms with Gasteiger partial charge in [0.2, 0.25) is 23.6 Å². The third-order valence-electron chi connectivity index (χ3n) is 8.59. The minimum absolute atomic E-state index is 0.0113. The molecule has 0 aromatic heterocycles. The smallest absolute Gasteiger partial charge is 0.242 e. The van der Waals surface area contributed by atoms with Gasteiger partial charge in [0.15, 0.2) is 0 Å². The number of aromatic hydroxyl groups is 1. The Morgan fingerprint density at radius 3 is 2.41 bits per heavy atom. The van der Waals surface area contributed by atoms with Crippen LogP contribution < -0.4 is 44.2 Å². The van der Waals surface area contributed by atoms with Crippen molar-refractivity contribution in [3.63, 3.8) is 0 Å². The van der Waals surface area contributed by atoms with Crippen LogP contribution in [0.3, 0.4) is 0 Å². The SMILES string of the molecule is NCCC[C@H](NC(=O)C[C@@H]1Cc2cccc(c2)-c2ccc(O)c(c2)C[C@H](N)C(=O)N[C@@H](CCCN)C(=O)N1)C(=O)NCCCC[C@H](N)CO. The maximum atomic E-state index is 13.7. The van der Waals surface area contributed by atoms with Crippen molar-refractivity contribution in [2.45, 2.75) is 94.4 Å². The molecule has 49 heavy (non-hydrogen) atoms. The number of benzene rings is 2. The Hall–Kier alpha value is -4.08. The molecule has 0 spiro atoms. The summed E-state index contributed by atoms with van der Waals surface area (Å²) in [5.74, 6) is -1.80. The van der Waals surface area contributed by atoms with Gasteiger partial charge in [-0.15, -0.1) is 0 Å². The van der Waals surface area contributed by atoms with E-state index in [0.717, 1.165) is 23.1 Å². The largest absolute Gasteiger partial charge is 0.508 e. The van der Waals surface area contributed by atoms with E-state index in [1.54, 1.807) is 18.2 Å². The number of hydrogen-bond donors (Lipinski definition) is 10. The fourth-order valence-electron chi connectivity index (χ4n) is 5.79. The molecule has 5 atom stereocenters. The third kappa shape index (κ3) is 13.0. The molecule has 2 aromatic carbocycles. The lowest BCUT2D eigenvalue weighted by Gasteiger charge is -2.25. The van der Waals surface area contributed by atoms with Gasteiger partial charge < -0.3 is 54.4 Å². The van der Waals surface area contributed by atoms with Gasteiger partial charge in [-0.25, -0.2) is 0 Å². The Morgan fingerprint density at radius 1 is 0.918 bits per heavy atom. The number of phenols is 1. The van der Waals surface area contributed by atoms with Crippen molar-refractivity contribution in [3.05, 3.63) is 53.6 Å². The lowest BCUT2D eigenvalue weighted by Crippen LogP contribution is -2.55. The molecule has 14 nitrogen and oxygen atoms in total. The van der Waals surface area contributed by atoms with Crippen LogP contribution in [0.15, 0.2) is 42.5 Å². The zero-order valence-electron chi connectivity index (χ0n) is 28.2. The molecule has 0 aliphatic carbocycles. The number of carbonyl (C=O) groups excluding carboxylic acids is 4. The number of nitrogens with one attached hydrogen (secondary N) is 4. The van der Waals surface area contributed by atoms with Gasteiger partial charge in [-0.2, -0.15) is 0 Å². The lowest BCUT2D eigenvalue weighted by atomic mass is 9.95. The fourth-order valence-corrected chi connectivity index (χ4v) is 5.79. The predicted molar refractivity (Wildman–Crippen MR) is 188 cm³/mol. The van der Waals surface area contributed by atoms with Gasteiger partial charge in [-0.1, -0.05) is 36.8 Å². The maximum absolute atomic E-state index is 13.7. The number of unbranched alkanes of at least 4 members (excludes halogenated alkanes) is 1. The Labute approximate surface area is 288 Å². The molecule has 0 fully saturated rings. The standard InChI is InChI=1S/C35H54N8O6/c36-13-4-9-29(34(48)40-15-2-1-8-26(38)21-44)42-32(46)20-27-17-22-6-3-7-23(16-22)24-11-12-31(45)25(18-24)19-28(39)33(47)43-30(10-5-14-37)35(49)41-27/h3,6-7,11-12,16,18,26-30,44-45H,1-2,4-5,8-10,13-15,17,19-21,36-39H2,(H,40,48)(H,41,49)(H,42,46)(H,43,47)/t26-,27-,28-,29-,30-/m0/s1. The van der Waals surface area contributed by atoms with Gasteiger partial charge in [-0.05, 0) is 92.4 Å². The van der Waals surface area contributed by atoms with Crippen LogP contribution >= 0.6 is 0 Å². The number of carbonyl (C=O) groups is 4. The van der Waals surface area contributed by atoms with E-state index in [1.165, 1.54) is 0 Å². The van der Waals surface area contributed by atoms with Crippen molar-refractivity contribution in [2.75, 3.05) is 26.2 Å². The van der Waals surface area contributed by atoms with E-state index in [4.69, 9.17) is 28.0 Å². The van der Waals surface area contributed by atoms with Crippen LogP contribution in [0.25, 0.3) is 11.1 Å². The van der Waals surface area contributed by atoms with E-state index in [2.05, 4.69) is 21.3 Å². The predicted octanol–water partition coefficient (Wildman–Crippen LogP) is -0.586. The van der Waals surface area contributed by atoms with Crippen molar-refractivity contribution in [3.8, 4) is 16.9 Å². The Balaban J connectivity index is 1.84. The van der Waals surface area contributed by atoms with Crippen LogP contribution in [-0.2, 0) is 32.0 Å². The summed E-state index contributed by atoms with van der Waals surface area (Å²) >= 11 is 0. The van der Waals surface area contributed by atoms with Gasteiger partial charge in [-0.3, -0.25) is 19.2 Å². The van der Waals surface area contributed by atoms with E-state index in [0.29, 0.717) is 57.3 Å². The first-order chi connectivity index (χ1) is 23.5. The number of amides is 4. The number of rotatable bonds is 16. The Morgan fingerprint density at radius 2 is 1.67 bits per heavy atom. The van der Waals surface area contributed by atoms with Gasteiger partial charge in [0.05, 0.1) is 12.6 Å². The molecule has 14 N–H and O–H groups in total. The van der Waals surface area contributed by atoms with Crippen molar-refractivity contribution in [2.24, 2.45) is 22.9 Å². The molecule has 0 radical (unpaired) electrons. The molecule has 4 bridgehead atoms. The molecule has 0 saturated carbocycles. The Bertz CT molecular complexity index is 1390. The van der Waals surface area contributed by atoms with Crippen molar-refractivity contribution in [1.29, 1.82) is 0 Å². The van der Waals surface area contributed by atoms with Gasteiger partial charge in [0.1, 0.15) is 17.8 Å². The number of nitrogens with two attached hydrogens (primary N) is 4. The van der Waals surface area contributed by atoms with Crippen molar-refractivity contribution < 1.29 is 29.4 Å². The second-order valence-corrected chi connectivity index (χ2v) is 12.7. The average molecular weight is 683 g/mol. The van der Waals surface area contributed by atoms with E-state index in [-0.39, 0.29) is 50.0 Å². The van der Waals surface area contributed by atoms with Crippen LogP contribution in [-0.4, -0.2) is 90.3 Å². The summed E-state index contributed by atoms with van der Waals surface area (Å²) in [6, 6.07) is 8.95. The maximum Gasteiger partial charge on any atom is 0.242 e. The minimum Gasteiger partial charge on any atom is -0.508 e. The lowest BCUT2D eigenvalue weighted by molar-refractivity contribution is -0.131. The van der Waals surface area contributed by atoms with E-state index in [9.17, 15) is 24.3 Å². The minimum atomic E-state index is -1.04. The normalized spacial score (nSPS) is 19.4. The van der Waals surface area contributed by atoms with E-state index >= 15 is 0 Å². The first kappa shape index (κ1) is 39.4. The number of phenolic OH excluding ortho intramolecular Hbond substituents is 1. The topological polar surface area (TPSA) is 261 Å². The molecular weight excluding hydrogens is 628 g/mol. The number of aliphatic hydroxyl groups excluding tert-OH is 1. The second-order valence-electron chi connectivity index (χ2n) is 12.7. The summed E-state index contributed by atoms with van der Waals surface area (Å²) in [5, 5.41) is 31.0. The number of aliphatic hydroxyl groups is 1. The fraction of sp³-hybridized carbons (Fsp3) is 0.543. The highest BCUT2D eigenvalue weighted by molar-refractivity contribution is 5.91. The first-order valence-corrected chi connectivity index (χ1v) is 17.2.